The highest BCUT2D eigenvalue weighted by Gasteiger charge is 2.26. The molecule has 6 heteroatoms. The van der Waals surface area contributed by atoms with E-state index in [4.69, 9.17) is 0 Å². The second-order valence-corrected chi connectivity index (χ2v) is 4.28. The van der Waals surface area contributed by atoms with Crippen LogP contribution in [0, 0.1) is 10.1 Å². The number of hydrogen-bond donors (Lipinski definition) is 1. The number of Topliss-reactive ketones (excluding diaryl/α,β-unsaturated/α-hetero) is 1. The van der Waals surface area contributed by atoms with Crippen LogP contribution in [0.15, 0.2) is 18.2 Å². The number of carbonyl (C=O) groups is 1. The molecule has 1 unspecified atom stereocenters. The Hall–Kier alpha value is -1.43. The van der Waals surface area contributed by atoms with Crippen LogP contribution in [0.3, 0.4) is 0 Å². The van der Waals surface area contributed by atoms with Gasteiger partial charge in [-0.05, 0) is 13.0 Å². The fraction of sp³-hybridized carbons (Fsp3) is 0.222. The highest BCUT2D eigenvalue weighted by atomic mass is 79.9. The number of nitro benzene ring substituents is 1. The van der Waals surface area contributed by atoms with Gasteiger partial charge in [0.25, 0.3) is 5.69 Å². The second kappa shape index (κ2) is 4.39. The molecule has 0 aliphatic rings. The van der Waals surface area contributed by atoms with Crippen LogP contribution < -0.4 is 0 Å². The lowest BCUT2D eigenvalue weighted by Crippen LogP contribution is -2.12. The molecule has 0 fully saturated rings. The first-order chi connectivity index (χ1) is 6.95. The van der Waals surface area contributed by atoms with Gasteiger partial charge < -0.3 is 5.11 Å². The van der Waals surface area contributed by atoms with Crippen LogP contribution in [-0.4, -0.2) is 20.6 Å². The van der Waals surface area contributed by atoms with Crippen LogP contribution in [0.1, 0.15) is 17.3 Å². The largest absolute Gasteiger partial charge is 0.507 e. The van der Waals surface area contributed by atoms with Crippen LogP contribution in [0.4, 0.5) is 5.69 Å². The van der Waals surface area contributed by atoms with Crippen molar-refractivity contribution in [3.05, 3.63) is 33.9 Å². The Morgan fingerprint density at radius 2 is 2.20 bits per heavy atom. The molecule has 1 rings (SSSR count). The number of alkyl halides is 1. The summed E-state index contributed by atoms with van der Waals surface area (Å²) < 4.78 is 0. The van der Waals surface area contributed by atoms with E-state index in [1.165, 1.54) is 18.2 Å². The van der Waals surface area contributed by atoms with Gasteiger partial charge in [0, 0.05) is 6.07 Å². The molecule has 0 heterocycles. The van der Waals surface area contributed by atoms with E-state index >= 15 is 0 Å². The number of carbonyl (C=O) groups excluding carboxylic acids is 1. The summed E-state index contributed by atoms with van der Waals surface area (Å²) in [5.74, 6) is -0.889. The molecular weight excluding hydrogens is 266 g/mol. The summed E-state index contributed by atoms with van der Waals surface area (Å²) in [5, 5.41) is 20.0. The fourth-order valence-corrected chi connectivity index (χ4v) is 1.36. The number of benzene rings is 1. The van der Waals surface area contributed by atoms with Crippen molar-refractivity contribution in [1.82, 2.24) is 0 Å². The van der Waals surface area contributed by atoms with Gasteiger partial charge in [0.05, 0.1) is 9.75 Å². The van der Waals surface area contributed by atoms with Gasteiger partial charge in [-0.25, -0.2) is 0 Å². The third kappa shape index (κ3) is 2.33. The predicted molar refractivity (Wildman–Crippen MR) is 57.5 cm³/mol. The van der Waals surface area contributed by atoms with E-state index < -0.39 is 15.5 Å². The Bertz CT molecular complexity index is 417. The average Bonchev–Trinajstić information content (AvgIpc) is 2.16. The van der Waals surface area contributed by atoms with Crippen molar-refractivity contribution >= 4 is 27.4 Å². The lowest BCUT2D eigenvalue weighted by Gasteiger charge is -2.05. The summed E-state index contributed by atoms with van der Waals surface area (Å²) in [5.41, 5.74) is -0.641. The fourth-order valence-electron chi connectivity index (χ4n) is 1.13. The molecule has 0 saturated carbocycles. The van der Waals surface area contributed by atoms with Crippen molar-refractivity contribution < 1.29 is 14.8 Å². The normalized spacial score (nSPS) is 12.1. The first kappa shape index (κ1) is 11.6. The van der Waals surface area contributed by atoms with Crippen LogP contribution in [0.25, 0.3) is 0 Å². The molecule has 0 spiro atoms. The van der Waals surface area contributed by atoms with Gasteiger partial charge in [0.15, 0.2) is 5.78 Å². The van der Waals surface area contributed by atoms with Gasteiger partial charge in [-0.2, -0.15) is 0 Å². The Labute approximate surface area is 94.0 Å². The summed E-state index contributed by atoms with van der Waals surface area (Å²) in [6.07, 6.45) is 0. The molecule has 0 bridgehead atoms. The molecule has 0 aliphatic carbocycles. The number of halogens is 1. The van der Waals surface area contributed by atoms with Gasteiger partial charge in [0.1, 0.15) is 11.3 Å². The SMILES string of the molecule is CC(Br)C(=O)c1c(O)cccc1[N+](=O)[O-]. The number of ketones is 1. The third-order valence-electron chi connectivity index (χ3n) is 1.82. The van der Waals surface area contributed by atoms with Crippen molar-refractivity contribution in [1.29, 1.82) is 0 Å². The average molecular weight is 274 g/mol. The van der Waals surface area contributed by atoms with E-state index in [1.54, 1.807) is 6.92 Å². The minimum absolute atomic E-state index is 0.258. The zero-order chi connectivity index (χ0) is 11.6. The van der Waals surface area contributed by atoms with Crippen molar-refractivity contribution in [2.75, 3.05) is 0 Å². The van der Waals surface area contributed by atoms with Gasteiger partial charge in [-0.1, -0.05) is 22.0 Å². The summed E-state index contributed by atoms with van der Waals surface area (Å²) in [6, 6.07) is 3.75. The quantitative estimate of drug-likeness (QED) is 0.397. The lowest BCUT2D eigenvalue weighted by molar-refractivity contribution is -0.385. The van der Waals surface area contributed by atoms with Gasteiger partial charge in [0.2, 0.25) is 0 Å². The van der Waals surface area contributed by atoms with Crippen molar-refractivity contribution in [2.45, 2.75) is 11.8 Å². The molecule has 0 radical (unpaired) electrons. The first-order valence-electron chi connectivity index (χ1n) is 4.09. The van der Waals surface area contributed by atoms with Crippen LogP contribution >= 0.6 is 15.9 Å². The third-order valence-corrected chi connectivity index (χ3v) is 2.24. The second-order valence-electron chi connectivity index (χ2n) is 2.91. The topological polar surface area (TPSA) is 80.4 Å². The van der Waals surface area contributed by atoms with E-state index in [2.05, 4.69) is 15.9 Å². The van der Waals surface area contributed by atoms with Crippen LogP contribution in [-0.2, 0) is 0 Å². The molecule has 1 atom stereocenters. The molecule has 0 saturated heterocycles. The molecule has 0 aliphatic heterocycles. The Kier molecular flexibility index (Phi) is 3.41. The highest BCUT2D eigenvalue weighted by Crippen LogP contribution is 2.29. The summed E-state index contributed by atoms with van der Waals surface area (Å²) in [7, 11) is 0. The van der Waals surface area contributed by atoms with Gasteiger partial charge >= 0.3 is 0 Å². The molecular formula is C9H8BrNO4. The maximum Gasteiger partial charge on any atom is 0.283 e. The number of hydrogen-bond acceptors (Lipinski definition) is 4. The van der Waals surface area contributed by atoms with Gasteiger partial charge in [-0.3, -0.25) is 14.9 Å². The van der Waals surface area contributed by atoms with E-state index in [0.29, 0.717) is 0 Å². The van der Waals surface area contributed by atoms with Crippen molar-refractivity contribution in [3.63, 3.8) is 0 Å². The summed E-state index contributed by atoms with van der Waals surface area (Å²) in [6.45, 7) is 1.54. The monoisotopic (exact) mass is 273 g/mol. The lowest BCUT2D eigenvalue weighted by atomic mass is 10.1. The zero-order valence-corrected chi connectivity index (χ0v) is 9.39. The predicted octanol–water partition coefficient (Wildman–Crippen LogP) is 2.27. The molecule has 80 valence electrons. The number of nitro groups is 1. The summed E-state index contributed by atoms with van der Waals surface area (Å²) >= 11 is 3.01. The molecule has 1 aromatic carbocycles. The zero-order valence-electron chi connectivity index (χ0n) is 7.81. The number of phenols is 1. The Morgan fingerprint density at radius 3 is 2.67 bits per heavy atom. The molecule has 5 nitrogen and oxygen atoms in total. The van der Waals surface area contributed by atoms with Crippen molar-refractivity contribution in [3.8, 4) is 5.75 Å². The maximum absolute atomic E-state index is 11.6. The minimum atomic E-state index is -0.692. The number of nitrogens with zero attached hydrogens (tertiary/aromatic N) is 1. The maximum atomic E-state index is 11.6. The number of aromatic hydroxyl groups is 1. The first-order valence-corrected chi connectivity index (χ1v) is 5.01. The Balaban J connectivity index is 3.37. The smallest absolute Gasteiger partial charge is 0.283 e. The molecule has 15 heavy (non-hydrogen) atoms. The van der Waals surface area contributed by atoms with E-state index in [-0.39, 0.29) is 17.0 Å². The number of rotatable bonds is 3. The van der Waals surface area contributed by atoms with Crippen LogP contribution in [0.2, 0.25) is 0 Å². The summed E-state index contributed by atoms with van der Waals surface area (Å²) in [4.78, 5) is 20.9. The molecule has 0 aromatic heterocycles. The molecule has 1 aromatic rings. The standard InChI is InChI=1S/C9H8BrNO4/c1-5(10)9(13)8-6(11(14)15)3-2-4-7(8)12/h2-5,12H,1H3. The van der Waals surface area contributed by atoms with E-state index in [0.717, 1.165) is 0 Å². The Morgan fingerprint density at radius 1 is 1.60 bits per heavy atom. The van der Waals surface area contributed by atoms with Gasteiger partial charge in [-0.15, -0.1) is 0 Å². The van der Waals surface area contributed by atoms with Crippen LogP contribution in [0.5, 0.6) is 5.75 Å². The minimum Gasteiger partial charge on any atom is -0.507 e. The molecule has 1 N–H and O–H groups in total. The highest BCUT2D eigenvalue weighted by molar-refractivity contribution is 9.10. The molecule has 0 amide bonds. The number of phenolic OH excluding ortho intramolecular Hbond substituents is 1. The van der Waals surface area contributed by atoms with E-state index in [1.807, 2.05) is 0 Å². The van der Waals surface area contributed by atoms with Crippen molar-refractivity contribution in [2.24, 2.45) is 0 Å². The van der Waals surface area contributed by atoms with E-state index in [9.17, 15) is 20.0 Å².